The Morgan fingerprint density at radius 2 is 1.21 bits per heavy atom. The van der Waals surface area contributed by atoms with E-state index in [-0.39, 0.29) is 60.4 Å². The van der Waals surface area contributed by atoms with Crippen molar-refractivity contribution in [3.8, 4) is 0 Å². The molecule has 0 amide bonds. The van der Waals surface area contributed by atoms with Gasteiger partial charge in [0.2, 0.25) is 10.4 Å². The number of hydrogen-bond acceptors (Lipinski definition) is 7. The molecule has 0 atom stereocenters. The molecule has 0 saturated carbocycles. The Morgan fingerprint density at radius 1 is 1.21 bits per heavy atom. The summed E-state index contributed by atoms with van der Waals surface area (Å²) >= 11 is 0. The first-order valence-electron chi connectivity index (χ1n) is 1.61. The Morgan fingerprint density at radius 3 is 1.21 bits per heavy atom. The van der Waals surface area contributed by atoms with Crippen molar-refractivity contribution >= 4 is 28.8 Å². The third-order valence-corrected chi connectivity index (χ3v) is 0. The van der Waals surface area contributed by atoms with E-state index < -0.39 is 16.4 Å². The summed E-state index contributed by atoms with van der Waals surface area (Å²) in [5, 5.41) is 7.42. The van der Waals surface area contributed by atoms with Crippen LogP contribution in [0.5, 0.6) is 0 Å². The molecule has 14 heavy (non-hydrogen) atoms. The molecule has 0 aromatic heterocycles. The Hall–Kier alpha value is 0.510. The Labute approximate surface area is 111 Å². The molecular weight excluding hydrogens is 253 g/mol. The summed E-state index contributed by atoms with van der Waals surface area (Å²) < 4.78 is 32.8. The second-order valence-corrected chi connectivity index (χ2v) is 1.80. The summed E-state index contributed by atoms with van der Waals surface area (Å²) in [6.07, 6.45) is 0. The van der Waals surface area contributed by atoms with Crippen LogP contribution >= 0.6 is 12.4 Å². The Balaban J connectivity index is -0.0000000104. The number of carboxylic acids is 1. The summed E-state index contributed by atoms with van der Waals surface area (Å²) in [4.78, 5) is 9.00. The normalized spacial score (nSPS) is 5.93. The van der Waals surface area contributed by atoms with Crippen LogP contribution < -0.4 is 48.0 Å². The summed E-state index contributed by atoms with van der Waals surface area (Å²) in [6.45, 7) is 1.08. The fourth-order valence-electron chi connectivity index (χ4n) is 0. The maximum atomic E-state index is 9.00. The summed E-state index contributed by atoms with van der Waals surface area (Å²) in [5.41, 5.74) is 0. The van der Waals surface area contributed by atoms with Crippen LogP contribution in [0.1, 0.15) is 6.92 Å². The van der Waals surface area contributed by atoms with Gasteiger partial charge in [-0.05, 0) is 0 Å². The second kappa shape index (κ2) is 23.4. The van der Waals surface area contributed by atoms with Crippen molar-refractivity contribution in [2.24, 2.45) is 0 Å². The number of halogens is 1. The van der Waals surface area contributed by atoms with Crippen molar-refractivity contribution in [2.45, 2.75) is 6.92 Å². The van der Waals surface area contributed by atoms with Crippen molar-refractivity contribution in [1.82, 2.24) is 18.5 Å². The Bertz CT molecular complexity index is 174. The molecule has 0 rings (SSSR count). The molecule has 0 aliphatic heterocycles. The third-order valence-electron chi connectivity index (χ3n) is 0. The minimum Gasteiger partial charge on any atom is -0.726 e. The monoisotopic (exact) mass is 267 g/mol. The fourth-order valence-corrected chi connectivity index (χ4v) is 0. The van der Waals surface area contributed by atoms with E-state index in [0.717, 1.165) is 6.92 Å². The van der Waals surface area contributed by atoms with E-state index in [2.05, 4.69) is 0 Å². The van der Waals surface area contributed by atoms with E-state index in [1.807, 2.05) is 0 Å². The molecule has 0 heterocycles. The first-order chi connectivity index (χ1) is 3.73. The van der Waals surface area contributed by atoms with Crippen LogP contribution in [0.4, 0.5) is 0 Å². The molecule has 88 valence electrons. The minimum absolute atomic E-state index is 0. The molecule has 0 saturated heterocycles. The van der Waals surface area contributed by atoms with Gasteiger partial charge in [0.1, 0.15) is 0 Å². The summed E-state index contributed by atoms with van der Waals surface area (Å²) in [6, 6.07) is 0. The number of rotatable bonds is 0. The van der Waals surface area contributed by atoms with Crippen molar-refractivity contribution in [1.29, 1.82) is 0 Å². The zero-order chi connectivity index (χ0) is 8.08. The van der Waals surface area contributed by atoms with Crippen LogP contribution in [0.15, 0.2) is 0 Å². The van der Waals surface area contributed by atoms with Crippen LogP contribution in [-0.2, 0) is 15.2 Å². The van der Waals surface area contributed by atoms with Crippen LogP contribution in [-0.4, -0.2) is 28.6 Å². The van der Waals surface area contributed by atoms with Crippen LogP contribution in [0, 0.1) is 0 Å². The van der Waals surface area contributed by atoms with Gasteiger partial charge in [-0.2, -0.15) is 0 Å². The smallest absolute Gasteiger partial charge is 0.726 e. The zero-order valence-electron chi connectivity index (χ0n) is 7.97. The van der Waals surface area contributed by atoms with E-state index >= 15 is 0 Å². The van der Waals surface area contributed by atoms with Crippen molar-refractivity contribution in [2.75, 3.05) is 0 Å². The average Bonchev–Trinajstić information content (AvgIpc) is 1.19. The molecule has 0 radical (unpaired) electrons. The maximum Gasteiger partial charge on any atom is 1.00 e. The van der Waals surface area contributed by atoms with Gasteiger partial charge < -0.3 is 28.1 Å². The zero-order valence-corrected chi connectivity index (χ0v) is 11.6. The van der Waals surface area contributed by atoms with E-state index in [9.17, 15) is 0 Å². The van der Waals surface area contributed by atoms with Gasteiger partial charge in [0, 0.05) is 6.92 Å². The van der Waals surface area contributed by atoms with Gasteiger partial charge in [-0.15, -0.1) is 12.4 Å². The molecule has 0 unspecified atom stereocenters. The topological polar surface area (TPSA) is 220 Å². The van der Waals surface area contributed by atoms with E-state index in [1.54, 1.807) is 0 Å². The predicted octanol–water partition coefficient (Wildman–Crippen LogP) is -2.99. The van der Waals surface area contributed by atoms with Gasteiger partial charge in [0.15, 0.2) is 0 Å². The maximum absolute atomic E-state index is 9.00. The van der Waals surface area contributed by atoms with Crippen LogP contribution in [0.25, 0.3) is 0 Å². The molecule has 9 nitrogen and oxygen atoms in total. The molecule has 11 N–H and O–H groups in total. The van der Waals surface area contributed by atoms with Gasteiger partial charge in [-0.3, -0.25) is 9.35 Å². The summed E-state index contributed by atoms with van der Waals surface area (Å²) in [7, 11) is -4.92. The second-order valence-electron chi connectivity index (χ2n) is 0.947. The number of aliphatic carboxylic acids is 1. The van der Waals surface area contributed by atoms with Crippen molar-refractivity contribution in [3.05, 3.63) is 0 Å². The molecule has 0 aliphatic carbocycles. The first kappa shape index (κ1) is 47.0. The molecule has 0 fully saturated rings. The van der Waals surface area contributed by atoms with Crippen LogP contribution in [0.3, 0.4) is 0 Å². The molecular formula is C2H15ClN3NaO6S. The largest absolute Gasteiger partial charge is 1.00 e. The molecule has 0 aromatic carbocycles. The number of carbonyl (C=O) groups is 1. The van der Waals surface area contributed by atoms with Crippen molar-refractivity contribution in [3.63, 3.8) is 0 Å². The van der Waals surface area contributed by atoms with Gasteiger partial charge in [-0.25, -0.2) is 8.42 Å². The van der Waals surface area contributed by atoms with Gasteiger partial charge in [0.05, 0.1) is 0 Å². The Kier molecular flexibility index (Phi) is 78.4. The fraction of sp³-hybridized carbons (Fsp3) is 0.500. The van der Waals surface area contributed by atoms with Crippen LogP contribution in [0.2, 0.25) is 0 Å². The number of hydrogen-bond donors (Lipinski definition) is 5. The van der Waals surface area contributed by atoms with Crippen molar-refractivity contribution < 1.29 is 57.0 Å². The van der Waals surface area contributed by atoms with Gasteiger partial charge in [-0.1, -0.05) is 0 Å². The van der Waals surface area contributed by atoms with Gasteiger partial charge >= 0.3 is 29.6 Å². The van der Waals surface area contributed by atoms with Gasteiger partial charge in [0.25, 0.3) is 5.97 Å². The standard InChI is InChI=1S/C2H4O2.ClH.3H3N.Na.H2O4S/c1-2(3)4;;;;;;1-5(2,3)4/h1H3,(H,3,4);1H;3*1H3;;(H2,1,2,3,4)/q;;;;;+1;/p-1. The molecule has 0 bridgehead atoms. The number of carboxylic acid groups (broad SMARTS) is 1. The third kappa shape index (κ3) is 6370. The minimum atomic E-state index is -4.92. The summed E-state index contributed by atoms with van der Waals surface area (Å²) in [5.74, 6) is -0.833. The molecule has 0 spiro atoms. The predicted molar refractivity (Wildman–Crippen MR) is 48.0 cm³/mol. The van der Waals surface area contributed by atoms with E-state index in [1.165, 1.54) is 0 Å². The SMILES string of the molecule is CC(=O)O.Cl.N.N.N.O=S(=O)([O-])O.[Na+]. The van der Waals surface area contributed by atoms with E-state index in [0.29, 0.717) is 0 Å². The molecule has 0 aromatic rings. The average molecular weight is 268 g/mol. The van der Waals surface area contributed by atoms with E-state index in [4.69, 9.17) is 27.4 Å². The quantitative estimate of drug-likeness (QED) is 0.171. The molecule has 0 aliphatic rings. The first-order valence-corrected chi connectivity index (χ1v) is 2.98. The molecule has 12 heteroatoms.